The van der Waals surface area contributed by atoms with Gasteiger partial charge in [-0.25, -0.2) is 0 Å². The molecule has 0 unspecified atom stereocenters. The molecule has 1 aromatic carbocycles. The molecule has 112 valence electrons. The summed E-state index contributed by atoms with van der Waals surface area (Å²) in [5.74, 6) is -0.0896. The van der Waals surface area contributed by atoms with E-state index >= 15 is 0 Å². The normalized spacial score (nSPS) is 10.8. The van der Waals surface area contributed by atoms with Crippen LogP contribution < -0.4 is 0 Å². The fraction of sp³-hybridized carbons (Fsp3) is 0.286. The van der Waals surface area contributed by atoms with Crippen LogP contribution >= 0.6 is 31.9 Å². The predicted octanol–water partition coefficient (Wildman–Crippen LogP) is 2.83. The molecule has 2 amide bonds. The molecule has 0 N–H and O–H groups in total. The van der Waals surface area contributed by atoms with Crippen LogP contribution in [0.5, 0.6) is 0 Å². The van der Waals surface area contributed by atoms with E-state index in [0.29, 0.717) is 8.87 Å². The van der Waals surface area contributed by atoms with E-state index in [-0.39, 0.29) is 26.3 Å². The van der Waals surface area contributed by atoms with E-state index in [1.807, 2.05) is 12.1 Å². The number of halogens is 2. The van der Waals surface area contributed by atoms with Crippen molar-refractivity contribution in [2.24, 2.45) is 0 Å². The molecule has 0 fully saturated rings. The van der Waals surface area contributed by atoms with Gasteiger partial charge >= 0.3 is 146 Å². The van der Waals surface area contributed by atoms with Crippen LogP contribution in [0.2, 0.25) is 0 Å². The average Bonchev–Trinajstić information content (AvgIpc) is 2.82. The van der Waals surface area contributed by atoms with Gasteiger partial charge in [-0.2, -0.15) is 0 Å². The molecule has 2 aromatic rings. The number of hydrogen-bond acceptors (Lipinski definition) is 2. The number of amides is 2. The van der Waals surface area contributed by atoms with Crippen molar-refractivity contribution >= 4 is 69.0 Å². The molecule has 0 aliphatic heterocycles. The van der Waals surface area contributed by atoms with Crippen LogP contribution in [0.3, 0.4) is 0 Å². The van der Waals surface area contributed by atoms with Crippen molar-refractivity contribution in [1.82, 2.24) is 9.80 Å². The Morgan fingerprint density at radius 3 is 1.48 bits per heavy atom. The summed E-state index contributed by atoms with van der Waals surface area (Å²) in [5.41, 5.74) is 0. The first kappa shape index (κ1) is 16.7. The van der Waals surface area contributed by atoms with Crippen molar-refractivity contribution in [3.8, 4) is 0 Å². The van der Waals surface area contributed by atoms with Gasteiger partial charge in [0.2, 0.25) is 0 Å². The zero-order valence-electron chi connectivity index (χ0n) is 12.0. The van der Waals surface area contributed by atoms with E-state index in [4.69, 9.17) is 0 Å². The van der Waals surface area contributed by atoms with Crippen LogP contribution in [0.1, 0.15) is 18.5 Å². The molecule has 0 spiro atoms. The van der Waals surface area contributed by atoms with Crippen LogP contribution in [0.4, 0.5) is 0 Å². The molecule has 0 atom stereocenters. The predicted molar refractivity (Wildman–Crippen MR) is 92.3 cm³/mol. The molecule has 0 radical (unpaired) electrons. The Hall–Kier alpha value is -0.621. The number of nitrogens with zero attached hydrogens (tertiary/aromatic N) is 2. The SMILES string of the molecule is CN(C)C(=O)c1[se]c(C(=O)N(C)C)c2c(Br)ccc(Br)c12. The van der Waals surface area contributed by atoms with Crippen LogP contribution in [0.15, 0.2) is 21.1 Å². The standard InChI is InChI=1S/C14H14Br2N2O2Se/c1-17(2)13(19)11-9-7(15)5-6-8(16)10(9)12(21-11)14(20)18(3)4/h5-6H,1-4H3. The molecule has 0 saturated carbocycles. The Morgan fingerprint density at radius 2 is 1.19 bits per heavy atom. The molecule has 7 heteroatoms. The summed E-state index contributed by atoms with van der Waals surface area (Å²) < 4.78 is 3.10. The Bertz CT molecular complexity index is 678. The molecule has 21 heavy (non-hydrogen) atoms. The van der Waals surface area contributed by atoms with E-state index in [1.54, 1.807) is 38.0 Å². The van der Waals surface area contributed by atoms with Gasteiger partial charge in [0.1, 0.15) is 0 Å². The second-order valence-electron chi connectivity index (χ2n) is 4.94. The fourth-order valence-electron chi connectivity index (χ4n) is 1.91. The molecule has 0 aliphatic rings. The Morgan fingerprint density at radius 1 is 0.857 bits per heavy atom. The first-order valence-corrected chi connectivity index (χ1v) is 9.39. The summed E-state index contributed by atoms with van der Waals surface area (Å²) >= 11 is 6.72. The maximum atomic E-state index is 12.4. The minimum atomic E-state index is -0.308. The molecule has 2 rings (SSSR count). The monoisotopic (exact) mass is 480 g/mol. The van der Waals surface area contributed by atoms with Crippen molar-refractivity contribution in [3.63, 3.8) is 0 Å². The fourth-order valence-corrected chi connectivity index (χ4v) is 6.43. The molecular formula is C14H14Br2N2O2Se. The van der Waals surface area contributed by atoms with E-state index < -0.39 is 0 Å². The van der Waals surface area contributed by atoms with Gasteiger partial charge < -0.3 is 0 Å². The van der Waals surface area contributed by atoms with Gasteiger partial charge in [-0.3, -0.25) is 0 Å². The van der Waals surface area contributed by atoms with Crippen LogP contribution in [-0.2, 0) is 0 Å². The summed E-state index contributed by atoms with van der Waals surface area (Å²) in [5, 5.41) is 1.68. The summed E-state index contributed by atoms with van der Waals surface area (Å²) in [7, 11) is 6.90. The summed E-state index contributed by atoms with van der Waals surface area (Å²) in [6.07, 6.45) is 0. The number of benzene rings is 1. The number of fused-ring (bicyclic) bond motifs is 1. The van der Waals surface area contributed by atoms with Gasteiger partial charge in [0.25, 0.3) is 0 Å². The van der Waals surface area contributed by atoms with Crippen LogP contribution in [-0.4, -0.2) is 64.3 Å². The zero-order chi connectivity index (χ0) is 15.9. The first-order chi connectivity index (χ1) is 9.75. The van der Waals surface area contributed by atoms with Gasteiger partial charge in [-0.1, -0.05) is 0 Å². The molecule has 0 saturated heterocycles. The van der Waals surface area contributed by atoms with Gasteiger partial charge in [0.15, 0.2) is 0 Å². The average molecular weight is 481 g/mol. The van der Waals surface area contributed by atoms with Crippen molar-refractivity contribution in [2.75, 3.05) is 28.2 Å². The van der Waals surface area contributed by atoms with Gasteiger partial charge in [-0.05, 0) is 0 Å². The molecule has 1 aromatic heterocycles. The van der Waals surface area contributed by atoms with Crippen molar-refractivity contribution in [3.05, 3.63) is 30.0 Å². The van der Waals surface area contributed by atoms with Gasteiger partial charge in [0.05, 0.1) is 0 Å². The second-order valence-corrected chi connectivity index (χ2v) is 8.79. The first-order valence-electron chi connectivity index (χ1n) is 6.09. The van der Waals surface area contributed by atoms with Crippen molar-refractivity contribution in [1.29, 1.82) is 0 Å². The van der Waals surface area contributed by atoms with Gasteiger partial charge in [0, 0.05) is 0 Å². The second kappa shape index (κ2) is 6.24. The summed E-state index contributed by atoms with van der Waals surface area (Å²) in [6.45, 7) is 0. The maximum absolute atomic E-state index is 12.4. The minimum absolute atomic E-state index is 0.0448. The molecular weight excluding hydrogens is 467 g/mol. The van der Waals surface area contributed by atoms with E-state index in [2.05, 4.69) is 31.9 Å². The summed E-state index contributed by atoms with van der Waals surface area (Å²) in [6, 6.07) is 3.79. The van der Waals surface area contributed by atoms with Crippen molar-refractivity contribution in [2.45, 2.75) is 0 Å². The van der Waals surface area contributed by atoms with Gasteiger partial charge in [-0.15, -0.1) is 0 Å². The number of hydrogen-bond donors (Lipinski definition) is 0. The number of carbonyl (C=O) groups excluding carboxylic acids is 2. The Labute approximate surface area is 146 Å². The zero-order valence-corrected chi connectivity index (χ0v) is 16.9. The molecule has 0 bridgehead atoms. The third-order valence-corrected chi connectivity index (χ3v) is 6.73. The number of rotatable bonds is 2. The third-order valence-electron chi connectivity index (χ3n) is 2.96. The quantitative estimate of drug-likeness (QED) is 0.620. The van der Waals surface area contributed by atoms with Crippen LogP contribution in [0, 0.1) is 0 Å². The number of carbonyl (C=O) groups is 2. The topological polar surface area (TPSA) is 40.6 Å². The van der Waals surface area contributed by atoms with Crippen LogP contribution in [0.25, 0.3) is 10.8 Å². The Balaban J connectivity index is 2.86. The van der Waals surface area contributed by atoms with E-state index in [0.717, 1.165) is 19.7 Å². The Kier molecular flexibility index (Phi) is 4.98. The van der Waals surface area contributed by atoms with E-state index in [1.165, 1.54) is 0 Å². The molecule has 0 aliphatic carbocycles. The van der Waals surface area contributed by atoms with E-state index in [9.17, 15) is 9.59 Å². The van der Waals surface area contributed by atoms with Crippen molar-refractivity contribution < 1.29 is 9.59 Å². The molecule has 4 nitrogen and oxygen atoms in total. The molecule has 1 heterocycles. The summed E-state index contributed by atoms with van der Waals surface area (Å²) in [4.78, 5) is 28.0. The third kappa shape index (κ3) is 2.97.